The first-order valence-corrected chi connectivity index (χ1v) is 9.70. The minimum atomic E-state index is -3.23. The van der Waals surface area contributed by atoms with Gasteiger partial charge in [-0.05, 0) is 36.8 Å². The van der Waals surface area contributed by atoms with Crippen LogP contribution in [0.5, 0.6) is 0 Å². The van der Waals surface area contributed by atoms with Gasteiger partial charge < -0.3 is 5.32 Å². The Morgan fingerprint density at radius 3 is 2.40 bits per heavy atom. The standard InChI is InChI=1S/C19H18N2O3S/c1-13(14-8-10-16(11-9-14)25(2,23)24)21-19(22)17-7-3-5-15-6-4-12-20-18(15)17/h3-13H,1-2H3,(H,21,22)/t13-/m1/s1. The van der Waals surface area contributed by atoms with E-state index in [1.807, 2.05) is 31.2 Å². The molecule has 6 heteroatoms. The summed E-state index contributed by atoms with van der Waals surface area (Å²) < 4.78 is 23.0. The third kappa shape index (κ3) is 3.69. The number of fused-ring (bicyclic) bond motifs is 1. The molecule has 1 heterocycles. The first-order chi connectivity index (χ1) is 11.9. The quantitative estimate of drug-likeness (QED) is 0.781. The molecular weight excluding hydrogens is 336 g/mol. The lowest BCUT2D eigenvalue weighted by atomic mass is 10.1. The summed E-state index contributed by atoms with van der Waals surface area (Å²) in [7, 11) is -3.23. The van der Waals surface area contributed by atoms with Gasteiger partial charge in [0.05, 0.1) is 22.0 Å². The van der Waals surface area contributed by atoms with E-state index >= 15 is 0 Å². The van der Waals surface area contributed by atoms with Crippen LogP contribution in [0.15, 0.2) is 65.7 Å². The molecule has 3 aromatic rings. The van der Waals surface area contributed by atoms with Gasteiger partial charge in [-0.2, -0.15) is 0 Å². The maximum absolute atomic E-state index is 12.6. The largest absolute Gasteiger partial charge is 0.345 e. The zero-order valence-corrected chi connectivity index (χ0v) is 14.7. The molecule has 25 heavy (non-hydrogen) atoms. The zero-order valence-electron chi connectivity index (χ0n) is 13.9. The molecule has 1 aromatic heterocycles. The number of para-hydroxylation sites is 1. The van der Waals surface area contributed by atoms with Crippen LogP contribution < -0.4 is 5.32 Å². The summed E-state index contributed by atoms with van der Waals surface area (Å²) in [5.41, 5.74) is 1.99. The van der Waals surface area contributed by atoms with E-state index in [-0.39, 0.29) is 16.8 Å². The van der Waals surface area contributed by atoms with E-state index in [4.69, 9.17) is 0 Å². The predicted molar refractivity (Wildman–Crippen MR) is 97.2 cm³/mol. The Kier molecular flexibility index (Phi) is 4.55. The highest BCUT2D eigenvalue weighted by Crippen LogP contribution is 2.19. The molecule has 0 spiro atoms. The lowest BCUT2D eigenvalue weighted by Gasteiger charge is -2.15. The van der Waals surface area contributed by atoms with Crippen LogP contribution in [0.4, 0.5) is 0 Å². The highest BCUT2D eigenvalue weighted by atomic mass is 32.2. The monoisotopic (exact) mass is 354 g/mol. The molecule has 0 saturated carbocycles. The Hall–Kier alpha value is -2.73. The Bertz CT molecular complexity index is 1020. The average Bonchev–Trinajstić information content (AvgIpc) is 2.60. The third-order valence-corrected chi connectivity index (χ3v) is 5.16. The third-order valence-electron chi connectivity index (χ3n) is 4.03. The van der Waals surface area contributed by atoms with Gasteiger partial charge in [-0.1, -0.05) is 30.3 Å². The van der Waals surface area contributed by atoms with Crippen molar-refractivity contribution < 1.29 is 13.2 Å². The zero-order chi connectivity index (χ0) is 18.0. The molecule has 3 rings (SSSR count). The van der Waals surface area contributed by atoms with Crippen LogP contribution in [0, 0.1) is 0 Å². The molecule has 0 fully saturated rings. The number of amides is 1. The minimum Gasteiger partial charge on any atom is -0.345 e. The number of pyridine rings is 1. The van der Waals surface area contributed by atoms with E-state index in [9.17, 15) is 13.2 Å². The van der Waals surface area contributed by atoms with Crippen molar-refractivity contribution in [2.75, 3.05) is 6.26 Å². The number of rotatable bonds is 4. The van der Waals surface area contributed by atoms with Crippen molar-refractivity contribution in [3.63, 3.8) is 0 Å². The molecule has 1 N–H and O–H groups in total. The molecule has 0 aliphatic rings. The maximum atomic E-state index is 12.6. The van der Waals surface area contributed by atoms with Gasteiger partial charge in [0.2, 0.25) is 0 Å². The first-order valence-electron chi connectivity index (χ1n) is 7.81. The number of hydrogen-bond acceptors (Lipinski definition) is 4. The highest BCUT2D eigenvalue weighted by Gasteiger charge is 2.15. The average molecular weight is 354 g/mol. The second-order valence-corrected chi connectivity index (χ2v) is 7.93. The molecule has 0 aliphatic heterocycles. The van der Waals surface area contributed by atoms with Gasteiger partial charge in [0, 0.05) is 17.8 Å². The number of benzene rings is 2. The van der Waals surface area contributed by atoms with E-state index in [1.54, 1.807) is 36.5 Å². The number of sulfone groups is 1. The first kappa shape index (κ1) is 17.1. The van der Waals surface area contributed by atoms with Crippen molar-refractivity contribution in [3.8, 4) is 0 Å². The van der Waals surface area contributed by atoms with Crippen molar-refractivity contribution in [1.82, 2.24) is 10.3 Å². The van der Waals surface area contributed by atoms with Crippen molar-refractivity contribution in [2.24, 2.45) is 0 Å². The van der Waals surface area contributed by atoms with Crippen LogP contribution in [-0.4, -0.2) is 25.6 Å². The summed E-state index contributed by atoms with van der Waals surface area (Å²) >= 11 is 0. The molecule has 0 bridgehead atoms. The van der Waals surface area contributed by atoms with Crippen LogP contribution >= 0.6 is 0 Å². The molecule has 128 valence electrons. The number of nitrogens with one attached hydrogen (secondary N) is 1. The fourth-order valence-electron chi connectivity index (χ4n) is 2.65. The van der Waals surface area contributed by atoms with Gasteiger partial charge in [-0.3, -0.25) is 9.78 Å². The minimum absolute atomic E-state index is 0.219. The van der Waals surface area contributed by atoms with E-state index < -0.39 is 9.84 Å². The van der Waals surface area contributed by atoms with Gasteiger partial charge in [-0.15, -0.1) is 0 Å². The molecule has 1 amide bonds. The molecule has 0 saturated heterocycles. The fraction of sp³-hybridized carbons (Fsp3) is 0.158. The van der Waals surface area contributed by atoms with Crippen molar-refractivity contribution >= 4 is 26.6 Å². The van der Waals surface area contributed by atoms with Crippen LogP contribution in [0.1, 0.15) is 28.9 Å². The van der Waals surface area contributed by atoms with E-state index in [2.05, 4.69) is 10.3 Å². The van der Waals surface area contributed by atoms with Crippen molar-refractivity contribution in [1.29, 1.82) is 0 Å². The lowest BCUT2D eigenvalue weighted by molar-refractivity contribution is 0.0941. The smallest absolute Gasteiger partial charge is 0.253 e. The summed E-state index contributed by atoms with van der Waals surface area (Å²) in [6, 6.07) is 15.5. The summed E-state index contributed by atoms with van der Waals surface area (Å²) in [4.78, 5) is 17.2. The number of aromatic nitrogens is 1. The summed E-state index contributed by atoms with van der Waals surface area (Å²) in [5.74, 6) is -0.219. The summed E-state index contributed by atoms with van der Waals surface area (Å²) in [5, 5.41) is 3.84. The van der Waals surface area contributed by atoms with Crippen molar-refractivity contribution in [2.45, 2.75) is 17.9 Å². The Morgan fingerprint density at radius 1 is 1.04 bits per heavy atom. The Morgan fingerprint density at radius 2 is 1.72 bits per heavy atom. The highest BCUT2D eigenvalue weighted by molar-refractivity contribution is 7.90. The molecule has 5 nitrogen and oxygen atoms in total. The Balaban J connectivity index is 1.82. The number of carbonyl (C=O) groups excluding carboxylic acids is 1. The van der Waals surface area contributed by atoms with Gasteiger partial charge in [-0.25, -0.2) is 8.42 Å². The summed E-state index contributed by atoms with van der Waals surface area (Å²) in [6.45, 7) is 1.85. The molecular formula is C19H18N2O3S. The number of nitrogens with zero attached hydrogens (tertiary/aromatic N) is 1. The van der Waals surface area contributed by atoms with Crippen LogP contribution in [0.25, 0.3) is 10.9 Å². The lowest BCUT2D eigenvalue weighted by Crippen LogP contribution is -2.27. The van der Waals surface area contributed by atoms with E-state index in [1.165, 1.54) is 6.26 Å². The van der Waals surface area contributed by atoms with Gasteiger partial charge in [0.1, 0.15) is 0 Å². The van der Waals surface area contributed by atoms with Gasteiger partial charge in [0.25, 0.3) is 5.91 Å². The molecule has 1 atom stereocenters. The molecule has 2 aromatic carbocycles. The van der Waals surface area contributed by atoms with Crippen LogP contribution in [0.2, 0.25) is 0 Å². The molecule has 0 unspecified atom stereocenters. The Labute approximate surface area is 146 Å². The number of carbonyl (C=O) groups is 1. The van der Waals surface area contributed by atoms with Gasteiger partial charge in [0.15, 0.2) is 9.84 Å². The normalized spacial score (nSPS) is 12.7. The molecule has 0 radical (unpaired) electrons. The number of hydrogen-bond donors (Lipinski definition) is 1. The topological polar surface area (TPSA) is 76.1 Å². The van der Waals surface area contributed by atoms with Crippen molar-refractivity contribution in [3.05, 3.63) is 71.9 Å². The van der Waals surface area contributed by atoms with Gasteiger partial charge >= 0.3 is 0 Å². The predicted octanol–water partition coefficient (Wildman–Crippen LogP) is 3.13. The second-order valence-electron chi connectivity index (χ2n) is 5.92. The summed E-state index contributed by atoms with van der Waals surface area (Å²) in [6.07, 6.45) is 2.83. The SMILES string of the molecule is C[C@@H](NC(=O)c1cccc2cccnc12)c1ccc(S(C)(=O)=O)cc1. The maximum Gasteiger partial charge on any atom is 0.253 e. The fourth-order valence-corrected chi connectivity index (χ4v) is 3.28. The van der Waals surface area contributed by atoms with E-state index in [0.717, 1.165) is 10.9 Å². The van der Waals surface area contributed by atoms with Crippen LogP contribution in [-0.2, 0) is 9.84 Å². The van der Waals surface area contributed by atoms with E-state index in [0.29, 0.717) is 11.1 Å². The molecule has 0 aliphatic carbocycles. The second kappa shape index (κ2) is 6.64. The van der Waals surface area contributed by atoms with Crippen LogP contribution in [0.3, 0.4) is 0 Å².